The van der Waals surface area contributed by atoms with Crippen LogP contribution in [0.1, 0.15) is 25.7 Å². The minimum Gasteiger partial charge on any atom is -0.433 e. The molecule has 0 unspecified atom stereocenters. The molecule has 0 spiro atoms. The molecular weight excluding hydrogens is 466 g/mol. The second kappa shape index (κ2) is 12.1. The van der Waals surface area contributed by atoms with E-state index in [0.717, 1.165) is 11.8 Å². The lowest BCUT2D eigenvalue weighted by Gasteiger charge is -2.14. The number of para-hydroxylation sites is 3. The standard InChI is InChI=1S/C23H24F2N4O4S/c24-22(25)33-18-11-6-5-10-17(18)27-20(31)14-34-23-28-16-9-4-3-8-15(16)21(32)29(23)13-7-1-2-12-19(26)30/h3-6,8-11,22H,1-2,7,12-14H2,(H2,26,30)(H,27,31). The Bertz CT molecular complexity index is 1220. The smallest absolute Gasteiger partial charge is 0.387 e. The average molecular weight is 491 g/mol. The van der Waals surface area contributed by atoms with Crippen LogP contribution >= 0.6 is 11.8 Å². The first-order valence-corrected chi connectivity index (χ1v) is 11.6. The van der Waals surface area contributed by atoms with Gasteiger partial charge in [0.2, 0.25) is 11.8 Å². The number of anilines is 1. The van der Waals surface area contributed by atoms with Crippen LogP contribution in [0.25, 0.3) is 10.9 Å². The monoisotopic (exact) mass is 490 g/mol. The van der Waals surface area contributed by atoms with Crippen LogP contribution in [-0.4, -0.2) is 33.7 Å². The molecule has 1 aromatic heterocycles. The number of benzene rings is 2. The number of thioether (sulfide) groups is 1. The lowest BCUT2D eigenvalue weighted by Crippen LogP contribution is -2.24. The van der Waals surface area contributed by atoms with Crippen molar-refractivity contribution in [2.24, 2.45) is 5.73 Å². The highest BCUT2D eigenvalue weighted by atomic mass is 32.2. The fourth-order valence-corrected chi connectivity index (χ4v) is 4.11. The molecule has 0 atom stereocenters. The molecule has 0 aliphatic rings. The normalized spacial score (nSPS) is 11.0. The maximum Gasteiger partial charge on any atom is 0.387 e. The number of carbonyl (C=O) groups excluding carboxylic acids is 2. The molecule has 2 aromatic carbocycles. The molecule has 0 fully saturated rings. The van der Waals surface area contributed by atoms with Gasteiger partial charge in [-0.05, 0) is 37.1 Å². The molecule has 8 nitrogen and oxygen atoms in total. The molecule has 0 bridgehead atoms. The summed E-state index contributed by atoms with van der Waals surface area (Å²) < 4.78 is 31.2. The molecule has 34 heavy (non-hydrogen) atoms. The first-order valence-electron chi connectivity index (χ1n) is 10.6. The third-order valence-electron chi connectivity index (χ3n) is 4.84. The van der Waals surface area contributed by atoms with E-state index in [9.17, 15) is 23.2 Å². The predicted octanol–water partition coefficient (Wildman–Crippen LogP) is 3.77. The van der Waals surface area contributed by atoms with E-state index in [-0.39, 0.29) is 35.1 Å². The number of primary amides is 1. The number of hydrogen-bond donors (Lipinski definition) is 2. The van der Waals surface area contributed by atoms with Crippen molar-refractivity contribution in [2.45, 2.75) is 44.0 Å². The number of fused-ring (bicyclic) bond motifs is 1. The lowest BCUT2D eigenvalue weighted by atomic mass is 10.2. The second-order valence-electron chi connectivity index (χ2n) is 7.36. The third kappa shape index (κ3) is 7.01. The van der Waals surface area contributed by atoms with Gasteiger partial charge in [-0.15, -0.1) is 0 Å². The number of rotatable bonds is 12. The Kier molecular flexibility index (Phi) is 8.97. The van der Waals surface area contributed by atoms with Gasteiger partial charge < -0.3 is 15.8 Å². The number of nitrogens with two attached hydrogens (primary N) is 1. The third-order valence-corrected chi connectivity index (χ3v) is 5.82. The van der Waals surface area contributed by atoms with Crippen LogP contribution in [0.5, 0.6) is 5.75 Å². The van der Waals surface area contributed by atoms with Crippen LogP contribution in [0.2, 0.25) is 0 Å². The van der Waals surface area contributed by atoms with Gasteiger partial charge in [-0.25, -0.2) is 4.98 Å². The number of nitrogens with zero attached hydrogens (tertiary/aromatic N) is 2. The molecule has 3 N–H and O–H groups in total. The number of aromatic nitrogens is 2. The quantitative estimate of drug-likeness (QED) is 0.227. The Labute approximate surface area is 198 Å². The number of nitrogens with one attached hydrogen (secondary N) is 1. The summed E-state index contributed by atoms with van der Waals surface area (Å²) in [7, 11) is 0. The van der Waals surface area contributed by atoms with Gasteiger partial charge in [-0.2, -0.15) is 8.78 Å². The summed E-state index contributed by atoms with van der Waals surface area (Å²) in [5, 5.41) is 3.38. The number of amides is 2. The Morgan fingerprint density at radius 1 is 1.09 bits per heavy atom. The highest BCUT2D eigenvalue weighted by Gasteiger charge is 2.15. The van der Waals surface area contributed by atoms with Crippen molar-refractivity contribution < 1.29 is 23.1 Å². The van der Waals surface area contributed by atoms with Gasteiger partial charge in [0, 0.05) is 13.0 Å². The number of unbranched alkanes of at least 4 members (excludes halogenated alkanes) is 2. The minimum atomic E-state index is -3.02. The molecule has 3 rings (SSSR count). The molecular formula is C23H24F2N4O4S. The van der Waals surface area contributed by atoms with E-state index in [4.69, 9.17) is 5.73 Å². The zero-order valence-electron chi connectivity index (χ0n) is 18.2. The Morgan fingerprint density at radius 3 is 2.59 bits per heavy atom. The van der Waals surface area contributed by atoms with E-state index in [1.165, 1.54) is 22.8 Å². The van der Waals surface area contributed by atoms with E-state index in [0.29, 0.717) is 41.9 Å². The van der Waals surface area contributed by atoms with Gasteiger partial charge in [-0.3, -0.25) is 19.0 Å². The Morgan fingerprint density at radius 2 is 1.82 bits per heavy atom. The van der Waals surface area contributed by atoms with Gasteiger partial charge in [-0.1, -0.05) is 42.4 Å². The van der Waals surface area contributed by atoms with Crippen molar-refractivity contribution in [1.82, 2.24) is 9.55 Å². The van der Waals surface area contributed by atoms with Crippen molar-refractivity contribution in [3.63, 3.8) is 0 Å². The molecule has 0 aliphatic carbocycles. The van der Waals surface area contributed by atoms with Crippen LogP contribution in [0.3, 0.4) is 0 Å². The summed E-state index contributed by atoms with van der Waals surface area (Å²) in [4.78, 5) is 41.0. The van der Waals surface area contributed by atoms with E-state index < -0.39 is 12.5 Å². The number of halogens is 2. The second-order valence-corrected chi connectivity index (χ2v) is 8.30. The predicted molar refractivity (Wildman–Crippen MR) is 126 cm³/mol. The molecule has 11 heteroatoms. The van der Waals surface area contributed by atoms with Crippen LogP contribution in [-0.2, 0) is 16.1 Å². The van der Waals surface area contributed by atoms with Crippen molar-refractivity contribution in [1.29, 1.82) is 0 Å². The summed E-state index contributed by atoms with van der Waals surface area (Å²) in [6.45, 7) is -2.66. The largest absolute Gasteiger partial charge is 0.433 e. The van der Waals surface area contributed by atoms with Gasteiger partial charge in [0.25, 0.3) is 5.56 Å². The zero-order valence-corrected chi connectivity index (χ0v) is 19.0. The number of carbonyl (C=O) groups is 2. The molecule has 3 aromatic rings. The van der Waals surface area contributed by atoms with E-state index in [1.807, 2.05) is 0 Å². The first-order chi connectivity index (χ1) is 16.3. The SMILES string of the molecule is NC(=O)CCCCCn1c(SCC(=O)Nc2ccccc2OC(F)F)nc2ccccc2c1=O. The van der Waals surface area contributed by atoms with Gasteiger partial charge in [0.05, 0.1) is 22.3 Å². The highest BCUT2D eigenvalue weighted by Crippen LogP contribution is 2.26. The first kappa shape index (κ1) is 25.2. The van der Waals surface area contributed by atoms with Crippen molar-refractivity contribution in [3.8, 4) is 5.75 Å². The molecule has 1 heterocycles. The zero-order chi connectivity index (χ0) is 24.5. The minimum absolute atomic E-state index is 0.102. The van der Waals surface area contributed by atoms with Crippen LogP contribution < -0.4 is 21.3 Å². The molecule has 2 amide bonds. The lowest BCUT2D eigenvalue weighted by molar-refractivity contribution is -0.118. The van der Waals surface area contributed by atoms with Crippen molar-refractivity contribution >= 4 is 40.2 Å². The molecule has 0 saturated heterocycles. The number of hydrogen-bond acceptors (Lipinski definition) is 6. The van der Waals surface area contributed by atoms with Crippen LogP contribution in [0.4, 0.5) is 14.5 Å². The van der Waals surface area contributed by atoms with Crippen LogP contribution in [0.15, 0.2) is 58.5 Å². The van der Waals surface area contributed by atoms with Crippen molar-refractivity contribution in [2.75, 3.05) is 11.1 Å². The summed E-state index contributed by atoms with van der Waals surface area (Å²) >= 11 is 1.07. The average Bonchev–Trinajstić information content (AvgIpc) is 2.79. The maximum atomic E-state index is 13.1. The summed E-state index contributed by atoms with van der Waals surface area (Å²) in [5.41, 5.74) is 5.57. The molecule has 0 aliphatic heterocycles. The molecule has 0 radical (unpaired) electrons. The van der Waals surface area contributed by atoms with Gasteiger partial charge >= 0.3 is 6.61 Å². The topological polar surface area (TPSA) is 116 Å². The maximum absolute atomic E-state index is 13.1. The Balaban J connectivity index is 1.73. The molecule has 0 saturated carbocycles. The summed E-state index contributed by atoms with van der Waals surface area (Å²) in [6, 6.07) is 12.8. The van der Waals surface area contributed by atoms with Gasteiger partial charge in [0.1, 0.15) is 5.75 Å². The summed E-state index contributed by atoms with van der Waals surface area (Å²) in [6.07, 6.45) is 2.23. The number of ether oxygens (including phenoxy) is 1. The van der Waals surface area contributed by atoms with E-state index in [2.05, 4.69) is 15.0 Å². The van der Waals surface area contributed by atoms with Gasteiger partial charge in [0.15, 0.2) is 5.16 Å². The van der Waals surface area contributed by atoms with E-state index >= 15 is 0 Å². The van der Waals surface area contributed by atoms with Crippen LogP contribution in [0, 0.1) is 0 Å². The fourth-order valence-electron chi connectivity index (χ4n) is 3.29. The summed E-state index contributed by atoms with van der Waals surface area (Å²) in [5.74, 6) is -1.08. The Hall–Kier alpha value is -3.47. The fraction of sp³-hybridized carbons (Fsp3) is 0.304. The number of alkyl halides is 2. The highest BCUT2D eigenvalue weighted by molar-refractivity contribution is 7.99. The molecule has 180 valence electrons. The van der Waals surface area contributed by atoms with E-state index in [1.54, 1.807) is 30.3 Å². The van der Waals surface area contributed by atoms with Crippen molar-refractivity contribution in [3.05, 3.63) is 58.9 Å².